The van der Waals surface area contributed by atoms with Crippen molar-refractivity contribution in [2.75, 3.05) is 5.32 Å². The topological polar surface area (TPSA) is 88.5 Å². The first-order valence-corrected chi connectivity index (χ1v) is 11.3. The zero-order chi connectivity index (χ0) is 27.2. The van der Waals surface area contributed by atoms with Crippen molar-refractivity contribution in [3.05, 3.63) is 94.9 Å². The highest BCUT2D eigenvalue weighted by Gasteiger charge is 2.36. The molecule has 0 unspecified atom stereocenters. The maximum absolute atomic E-state index is 15.0. The summed E-state index contributed by atoms with van der Waals surface area (Å²) < 4.78 is 59.0. The smallest absolute Gasteiger partial charge is 0.306 e. The molecule has 0 aliphatic carbocycles. The summed E-state index contributed by atoms with van der Waals surface area (Å²) in [5.41, 5.74) is -0.172. The molecule has 11 heteroatoms. The Labute approximate surface area is 213 Å². The van der Waals surface area contributed by atoms with E-state index in [1.165, 1.54) is 34.7 Å². The van der Waals surface area contributed by atoms with Crippen LogP contribution in [0, 0.1) is 24.1 Å². The number of amides is 1. The van der Waals surface area contributed by atoms with E-state index in [0.717, 1.165) is 11.6 Å². The normalized spacial score (nSPS) is 11.5. The monoisotopic (exact) mass is 518 g/mol. The molecule has 1 N–H and O–H groups in total. The Morgan fingerprint density at radius 2 is 1.82 bits per heavy atom. The zero-order valence-electron chi connectivity index (χ0n) is 20.0. The Kier molecular flexibility index (Phi) is 5.95. The highest BCUT2D eigenvalue weighted by molar-refractivity contribution is 6.09. The molecule has 0 saturated heterocycles. The molecule has 0 saturated carbocycles. The molecular weight excluding hydrogens is 500 g/mol. The van der Waals surface area contributed by atoms with E-state index in [2.05, 4.69) is 15.5 Å². The van der Waals surface area contributed by atoms with E-state index >= 15 is 4.39 Å². The van der Waals surface area contributed by atoms with Crippen LogP contribution in [0.1, 0.15) is 27.0 Å². The van der Waals surface area contributed by atoms with E-state index in [4.69, 9.17) is 0 Å². The van der Waals surface area contributed by atoms with Crippen LogP contribution in [0.5, 0.6) is 0 Å². The van der Waals surface area contributed by atoms with Gasteiger partial charge in [-0.1, -0.05) is 18.2 Å². The number of alkyl halides is 3. The molecule has 5 aromatic rings. The van der Waals surface area contributed by atoms with Crippen molar-refractivity contribution in [3.8, 4) is 23.0 Å². The van der Waals surface area contributed by atoms with Crippen LogP contribution < -0.4 is 5.32 Å². The molecule has 3 aromatic carbocycles. The van der Waals surface area contributed by atoms with Crippen molar-refractivity contribution in [2.45, 2.75) is 13.1 Å². The number of anilines is 1. The van der Waals surface area contributed by atoms with Crippen molar-refractivity contribution in [1.29, 1.82) is 5.26 Å². The summed E-state index contributed by atoms with van der Waals surface area (Å²) in [5, 5.41) is 20.9. The zero-order valence-corrected chi connectivity index (χ0v) is 20.0. The summed E-state index contributed by atoms with van der Waals surface area (Å²) in [5.74, 6) is -2.15. The quantitative estimate of drug-likeness (QED) is 0.295. The minimum atomic E-state index is -4.87. The third-order valence-electron chi connectivity index (χ3n) is 6.02. The average Bonchev–Trinajstić information content (AvgIpc) is 3.46. The summed E-state index contributed by atoms with van der Waals surface area (Å²) in [7, 11) is 1.53. The summed E-state index contributed by atoms with van der Waals surface area (Å²) in [6.45, 7) is 1.84. The predicted molar refractivity (Wildman–Crippen MR) is 132 cm³/mol. The van der Waals surface area contributed by atoms with Crippen molar-refractivity contribution in [2.24, 2.45) is 7.05 Å². The van der Waals surface area contributed by atoms with Crippen LogP contribution in [0.25, 0.3) is 27.8 Å². The van der Waals surface area contributed by atoms with Crippen molar-refractivity contribution in [3.63, 3.8) is 0 Å². The van der Waals surface area contributed by atoms with Gasteiger partial charge in [0.25, 0.3) is 5.91 Å². The van der Waals surface area contributed by atoms with Gasteiger partial charge >= 0.3 is 6.18 Å². The van der Waals surface area contributed by atoms with Gasteiger partial charge in [-0.25, -0.2) is 9.07 Å². The van der Waals surface area contributed by atoms with Crippen LogP contribution in [-0.4, -0.2) is 25.5 Å². The maximum Gasteiger partial charge on any atom is 0.417 e. The van der Waals surface area contributed by atoms with Crippen LogP contribution in [0.4, 0.5) is 23.4 Å². The number of nitriles is 1. The van der Waals surface area contributed by atoms with Gasteiger partial charge in [0.15, 0.2) is 0 Å². The molecule has 0 fully saturated rings. The minimum absolute atomic E-state index is 0.0618. The van der Waals surface area contributed by atoms with E-state index in [9.17, 15) is 23.2 Å². The van der Waals surface area contributed by atoms with Crippen LogP contribution in [-0.2, 0) is 13.2 Å². The number of aromatic nitrogens is 4. The van der Waals surface area contributed by atoms with E-state index < -0.39 is 34.6 Å². The molecule has 1 amide bonds. The lowest BCUT2D eigenvalue weighted by atomic mass is 9.99. The number of para-hydroxylation sites is 1. The second-order valence-corrected chi connectivity index (χ2v) is 8.59. The first-order chi connectivity index (χ1) is 18.1. The summed E-state index contributed by atoms with van der Waals surface area (Å²) >= 11 is 0. The van der Waals surface area contributed by atoms with Gasteiger partial charge in [-0.3, -0.25) is 9.48 Å². The number of carbonyl (C=O) groups is 1. The van der Waals surface area contributed by atoms with Gasteiger partial charge in [0.05, 0.1) is 39.7 Å². The lowest BCUT2D eigenvalue weighted by Crippen LogP contribution is -2.18. The number of halogens is 4. The third kappa shape index (κ3) is 4.37. The van der Waals surface area contributed by atoms with Crippen molar-refractivity contribution >= 4 is 22.6 Å². The second kappa shape index (κ2) is 9.15. The number of carbonyl (C=O) groups excluding carboxylic acids is 1. The fraction of sp³-hybridized carbons (Fsp3) is 0.111. The average molecular weight is 518 g/mol. The molecule has 0 aliphatic heterocycles. The number of hydrogen-bond acceptors (Lipinski definition) is 4. The number of rotatable bonds is 4. The van der Waals surface area contributed by atoms with Gasteiger partial charge in [-0.15, -0.1) is 0 Å². The Balaban J connectivity index is 1.66. The summed E-state index contributed by atoms with van der Waals surface area (Å²) in [4.78, 5) is 13.4. The first-order valence-electron chi connectivity index (χ1n) is 11.3. The van der Waals surface area contributed by atoms with Crippen LogP contribution in [0.15, 0.2) is 66.9 Å². The molecule has 2 aromatic heterocycles. The number of nitrogens with zero attached hydrogens (tertiary/aromatic N) is 5. The number of hydrogen-bond donors (Lipinski definition) is 1. The molecule has 0 bridgehead atoms. The van der Waals surface area contributed by atoms with Gasteiger partial charge in [0.1, 0.15) is 11.6 Å². The van der Waals surface area contributed by atoms with Crippen LogP contribution in [0.3, 0.4) is 0 Å². The lowest BCUT2D eigenvalue weighted by Gasteiger charge is -2.15. The largest absolute Gasteiger partial charge is 0.417 e. The van der Waals surface area contributed by atoms with Crippen LogP contribution >= 0.6 is 0 Å². The van der Waals surface area contributed by atoms with Gasteiger partial charge in [-0.2, -0.15) is 28.6 Å². The van der Waals surface area contributed by atoms with Crippen molar-refractivity contribution in [1.82, 2.24) is 19.6 Å². The molecule has 0 atom stereocenters. The highest BCUT2D eigenvalue weighted by Crippen LogP contribution is 2.38. The fourth-order valence-electron chi connectivity index (χ4n) is 4.18. The fourth-order valence-corrected chi connectivity index (χ4v) is 4.18. The molecule has 38 heavy (non-hydrogen) atoms. The molecule has 0 radical (unpaired) electrons. The molecule has 0 spiro atoms. The molecule has 190 valence electrons. The van der Waals surface area contributed by atoms with Gasteiger partial charge in [0.2, 0.25) is 0 Å². The molecule has 2 heterocycles. The Morgan fingerprint density at radius 3 is 2.47 bits per heavy atom. The molecule has 0 aliphatic rings. The number of aryl methyl sites for hydroxylation is 2. The van der Waals surface area contributed by atoms with E-state index in [-0.39, 0.29) is 11.5 Å². The number of nitrogens with one attached hydrogen (secondary N) is 1. The number of benzene rings is 3. The van der Waals surface area contributed by atoms with Crippen molar-refractivity contribution < 1.29 is 22.4 Å². The third-order valence-corrected chi connectivity index (χ3v) is 6.02. The van der Waals surface area contributed by atoms with E-state index in [1.54, 1.807) is 24.3 Å². The Hall–Kier alpha value is -4.98. The highest BCUT2D eigenvalue weighted by atomic mass is 19.4. The SMILES string of the molecule is Cc1ccccc1-n1nc2cc(C#N)ccc2c1NC(=O)c1cc(-c2ccn(C)n2)c(C(F)(F)F)cc1F. The molecule has 5 rings (SSSR count). The lowest BCUT2D eigenvalue weighted by molar-refractivity contribution is -0.137. The maximum atomic E-state index is 15.0. The van der Waals surface area contributed by atoms with Crippen LogP contribution in [0.2, 0.25) is 0 Å². The van der Waals surface area contributed by atoms with E-state index in [0.29, 0.717) is 28.2 Å². The first kappa shape index (κ1) is 24.7. The Morgan fingerprint density at radius 1 is 1.05 bits per heavy atom. The number of fused-ring (bicyclic) bond motifs is 1. The molecule has 7 nitrogen and oxygen atoms in total. The summed E-state index contributed by atoms with van der Waals surface area (Å²) in [6, 6.07) is 16.4. The standard InChI is InChI=1S/C27H18F4N6O/c1-15-5-3-4-6-24(15)37-25(17-8-7-16(14-32)11-23(17)35-37)33-26(38)19-12-18(22-9-10-36(2)34-22)20(13-21(19)28)27(29,30)31/h3-13H,1-2H3,(H,33,38). The Bertz CT molecular complexity index is 1760. The minimum Gasteiger partial charge on any atom is -0.306 e. The molecular formula is C27H18F4N6O. The predicted octanol–water partition coefficient (Wildman–Crippen LogP) is 6.02. The van der Waals surface area contributed by atoms with Gasteiger partial charge in [-0.05, 0) is 55.0 Å². The van der Waals surface area contributed by atoms with Gasteiger partial charge in [0, 0.05) is 24.2 Å². The second-order valence-electron chi connectivity index (χ2n) is 8.59. The summed E-state index contributed by atoms with van der Waals surface area (Å²) in [6.07, 6.45) is -3.43. The van der Waals surface area contributed by atoms with Gasteiger partial charge < -0.3 is 5.32 Å². The van der Waals surface area contributed by atoms with E-state index in [1.807, 2.05) is 25.1 Å².